The van der Waals surface area contributed by atoms with Gasteiger partial charge in [-0.3, -0.25) is 0 Å². The molecular formula is C7H11N3. The van der Waals surface area contributed by atoms with Crippen molar-refractivity contribution in [3.63, 3.8) is 0 Å². The lowest BCUT2D eigenvalue weighted by Gasteiger charge is -2.26. The smallest absolute Gasteiger partial charge is 0.0925 e. The van der Waals surface area contributed by atoms with Crippen molar-refractivity contribution in [2.45, 2.75) is 19.4 Å². The molecule has 54 valence electrons. The predicted molar refractivity (Wildman–Crippen MR) is 38.7 cm³/mol. The zero-order chi connectivity index (χ0) is 6.97. The fraction of sp³-hybridized carbons (Fsp3) is 0.571. The second-order valence-corrected chi connectivity index (χ2v) is 2.71. The largest absolute Gasteiger partial charge is 0.348 e. The number of nitrogens with one attached hydrogen (secondary N) is 2. The summed E-state index contributed by atoms with van der Waals surface area (Å²) in [5, 5.41) is 3.31. The zero-order valence-electron chi connectivity index (χ0n) is 6.02. The molecule has 1 saturated heterocycles. The van der Waals surface area contributed by atoms with E-state index in [1.165, 1.54) is 17.8 Å². The monoisotopic (exact) mass is 137 g/mol. The van der Waals surface area contributed by atoms with Crippen LogP contribution < -0.4 is 5.32 Å². The fourth-order valence-corrected chi connectivity index (χ4v) is 1.24. The quantitative estimate of drug-likeness (QED) is 0.599. The van der Waals surface area contributed by atoms with Crippen LogP contribution in [0.2, 0.25) is 0 Å². The highest BCUT2D eigenvalue weighted by atomic mass is 15.0. The Kier molecular flexibility index (Phi) is 1.24. The number of hydrogen-bond acceptors (Lipinski definition) is 2. The van der Waals surface area contributed by atoms with E-state index in [1.807, 2.05) is 0 Å². The zero-order valence-corrected chi connectivity index (χ0v) is 6.02. The number of hydrogen-bond donors (Lipinski definition) is 2. The Morgan fingerprint density at radius 2 is 2.50 bits per heavy atom. The van der Waals surface area contributed by atoms with Gasteiger partial charge < -0.3 is 10.3 Å². The van der Waals surface area contributed by atoms with Gasteiger partial charge in [-0.1, -0.05) is 0 Å². The summed E-state index contributed by atoms with van der Waals surface area (Å²) in [6.45, 7) is 3.19. The molecule has 10 heavy (non-hydrogen) atoms. The van der Waals surface area contributed by atoms with Gasteiger partial charge in [0.1, 0.15) is 0 Å². The molecule has 2 N–H and O–H groups in total. The van der Waals surface area contributed by atoms with Crippen molar-refractivity contribution in [1.82, 2.24) is 15.3 Å². The van der Waals surface area contributed by atoms with E-state index in [0.29, 0.717) is 6.04 Å². The third-order valence-corrected chi connectivity index (χ3v) is 2.02. The first-order valence-corrected chi connectivity index (χ1v) is 3.61. The van der Waals surface area contributed by atoms with Crippen LogP contribution in [0, 0.1) is 6.92 Å². The molecule has 0 bridgehead atoms. The summed E-state index contributed by atoms with van der Waals surface area (Å²) in [4.78, 5) is 7.29. The van der Waals surface area contributed by atoms with Gasteiger partial charge in [0.2, 0.25) is 0 Å². The van der Waals surface area contributed by atoms with Gasteiger partial charge in [0, 0.05) is 5.69 Å². The molecule has 1 atom stereocenters. The first-order chi connectivity index (χ1) is 4.88. The van der Waals surface area contributed by atoms with E-state index in [0.717, 1.165) is 6.54 Å². The Balaban J connectivity index is 2.23. The number of imidazole rings is 1. The highest BCUT2D eigenvalue weighted by Gasteiger charge is 2.21. The van der Waals surface area contributed by atoms with E-state index < -0.39 is 0 Å². The third-order valence-electron chi connectivity index (χ3n) is 2.02. The molecule has 1 aromatic rings. The molecule has 1 fully saturated rings. The van der Waals surface area contributed by atoms with Crippen LogP contribution in [-0.2, 0) is 0 Å². The molecule has 1 aliphatic rings. The summed E-state index contributed by atoms with van der Waals surface area (Å²) in [6, 6.07) is 0.520. The van der Waals surface area contributed by atoms with Crippen molar-refractivity contribution < 1.29 is 0 Å². The summed E-state index contributed by atoms with van der Waals surface area (Å²) < 4.78 is 0. The molecule has 0 aromatic carbocycles. The molecule has 1 unspecified atom stereocenters. The molecular weight excluding hydrogens is 126 g/mol. The summed E-state index contributed by atoms with van der Waals surface area (Å²) in [5.41, 5.74) is 2.38. The molecule has 0 amide bonds. The van der Waals surface area contributed by atoms with Crippen LogP contribution in [0.1, 0.15) is 23.9 Å². The average Bonchev–Trinajstić information content (AvgIpc) is 2.12. The van der Waals surface area contributed by atoms with Gasteiger partial charge in [0.25, 0.3) is 0 Å². The molecule has 3 nitrogen and oxygen atoms in total. The van der Waals surface area contributed by atoms with Gasteiger partial charge >= 0.3 is 0 Å². The van der Waals surface area contributed by atoms with Crippen LogP contribution in [0.3, 0.4) is 0 Å². The van der Waals surface area contributed by atoms with E-state index in [-0.39, 0.29) is 0 Å². The maximum absolute atomic E-state index is 4.22. The van der Waals surface area contributed by atoms with Crippen molar-refractivity contribution in [2.24, 2.45) is 0 Å². The number of aromatic nitrogens is 2. The topological polar surface area (TPSA) is 40.7 Å². The summed E-state index contributed by atoms with van der Waals surface area (Å²) in [6.07, 6.45) is 2.98. The predicted octanol–water partition coefficient (Wildman–Crippen LogP) is 0.753. The molecule has 0 aliphatic carbocycles. The van der Waals surface area contributed by atoms with Crippen LogP contribution in [0.4, 0.5) is 0 Å². The molecule has 1 aromatic heterocycles. The molecule has 0 saturated carbocycles. The second-order valence-electron chi connectivity index (χ2n) is 2.71. The summed E-state index contributed by atoms with van der Waals surface area (Å²) in [7, 11) is 0. The number of H-pyrrole nitrogens is 1. The standard InChI is InChI=1S/C7H11N3/c1-5-7(10-4-9-5)6-2-3-8-6/h4,6,8H,2-3H2,1H3,(H,9,10). The Labute approximate surface area is 59.9 Å². The first-order valence-electron chi connectivity index (χ1n) is 3.61. The Morgan fingerprint density at radius 1 is 1.70 bits per heavy atom. The van der Waals surface area contributed by atoms with E-state index >= 15 is 0 Å². The molecule has 0 radical (unpaired) electrons. The summed E-state index contributed by atoms with van der Waals surface area (Å²) >= 11 is 0. The Hall–Kier alpha value is -0.830. The SMILES string of the molecule is Cc1[nH]cnc1C1CCN1. The van der Waals surface area contributed by atoms with Crippen molar-refractivity contribution in [3.8, 4) is 0 Å². The molecule has 1 aliphatic heterocycles. The maximum atomic E-state index is 4.22. The minimum atomic E-state index is 0.520. The number of aromatic amines is 1. The number of rotatable bonds is 1. The van der Waals surface area contributed by atoms with Gasteiger partial charge in [0.05, 0.1) is 18.1 Å². The van der Waals surface area contributed by atoms with Crippen LogP contribution in [0.15, 0.2) is 6.33 Å². The lowest BCUT2D eigenvalue weighted by molar-refractivity contribution is 0.375. The van der Waals surface area contributed by atoms with Gasteiger partial charge in [-0.15, -0.1) is 0 Å². The van der Waals surface area contributed by atoms with Crippen molar-refractivity contribution in [2.75, 3.05) is 6.54 Å². The highest BCUT2D eigenvalue weighted by Crippen LogP contribution is 2.22. The Bertz CT molecular complexity index is 225. The highest BCUT2D eigenvalue weighted by molar-refractivity contribution is 5.15. The Morgan fingerprint density at radius 3 is 2.90 bits per heavy atom. The van der Waals surface area contributed by atoms with E-state index in [1.54, 1.807) is 6.33 Å². The molecule has 3 heteroatoms. The van der Waals surface area contributed by atoms with Crippen molar-refractivity contribution in [3.05, 3.63) is 17.7 Å². The number of nitrogens with zero attached hydrogens (tertiary/aromatic N) is 1. The van der Waals surface area contributed by atoms with Gasteiger partial charge in [0.15, 0.2) is 0 Å². The summed E-state index contributed by atoms with van der Waals surface area (Å²) in [5.74, 6) is 0. The van der Waals surface area contributed by atoms with Gasteiger partial charge in [-0.05, 0) is 19.9 Å². The van der Waals surface area contributed by atoms with Gasteiger partial charge in [-0.2, -0.15) is 0 Å². The average molecular weight is 137 g/mol. The second kappa shape index (κ2) is 2.09. The van der Waals surface area contributed by atoms with E-state index in [9.17, 15) is 0 Å². The number of aryl methyl sites for hydroxylation is 1. The molecule has 0 spiro atoms. The normalized spacial score (nSPS) is 24.3. The third kappa shape index (κ3) is 0.743. The minimum Gasteiger partial charge on any atom is -0.348 e. The van der Waals surface area contributed by atoms with Crippen LogP contribution in [-0.4, -0.2) is 16.5 Å². The van der Waals surface area contributed by atoms with E-state index in [2.05, 4.69) is 22.2 Å². The lowest BCUT2D eigenvalue weighted by atomic mass is 10.0. The lowest BCUT2D eigenvalue weighted by Crippen LogP contribution is -2.35. The van der Waals surface area contributed by atoms with Crippen LogP contribution >= 0.6 is 0 Å². The van der Waals surface area contributed by atoms with Crippen molar-refractivity contribution >= 4 is 0 Å². The maximum Gasteiger partial charge on any atom is 0.0925 e. The van der Waals surface area contributed by atoms with Crippen LogP contribution in [0.25, 0.3) is 0 Å². The van der Waals surface area contributed by atoms with Gasteiger partial charge in [-0.25, -0.2) is 4.98 Å². The van der Waals surface area contributed by atoms with Crippen molar-refractivity contribution in [1.29, 1.82) is 0 Å². The fourth-order valence-electron chi connectivity index (χ4n) is 1.24. The van der Waals surface area contributed by atoms with Crippen LogP contribution in [0.5, 0.6) is 0 Å². The first kappa shape index (κ1) is 5.92. The minimum absolute atomic E-state index is 0.520. The molecule has 2 rings (SSSR count). The molecule has 2 heterocycles. The van der Waals surface area contributed by atoms with E-state index in [4.69, 9.17) is 0 Å².